The highest BCUT2D eigenvalue weighted by molar-refractivity contribution is 5.81. The zero-order chi connectivity index (χ0) is 13.9. The predicted octanol–water partition coefficient (Wildman–Crippen LogP) is 3.55. The molecule has 1 heterocycles. The molecule has 2 aromatic rings. The Bertz CT molecular complexity index is 557. The minimum atomic E-state index is 0.249. The highest BCUT2D eigenvalue weighted by Crippen LogP contribution is 2.31. The number of hydrogen-bond donors (Lipinski definition) is 1. The molecule has 0 radical (unpaired) electrons. The Kier molecular flexibility index (Phi) is 4.08. The second-order valence-corrected chi connectivity index (χ2v) is 6.03. The lowest BCUT2D eigenvalue weighted by molar-refractivity contribution is 0.212. The van der Waals surface area contributed by atoms with Gasteiger partial charge in [0.1, 0.15) is 5.58 Å². The molecule has 1 unspecified atom stereocenters. The van der Waals surface area contributed by atoms with Gasteiger partial charge in [0.15, 0.2) is 0 Å². The van der Waals surface area contributed by atoms with Crippen molar-refractivity contribution in [1.29, 1.82) is 0 Å². The molecule has 1 atom stereocenters. The summed E-state index contributed by atoms with van der Waals surface area (Å²) in [5.74, 6) is 0.840. The first-order chi connectivity index (χ1) is 9.79. The largest absolute Gasteiger partial charge is 0.464 e. The summed E-state index contributed by atoms with van der Waals surface area (Å²) in [7, 11) is 2.19. The van der Waals surface area contributed by atoms with E-state index in [1.165, 1.54) is 36.6 Å². The number of likely N-dealkylation sites (N-methyl/N-ethyl adjacent to an activating group) is 1. The van der Waals surface area contributed by atoms with Gasteiger partial charge in [-0.15, -0.1) is 0 Å². The van der Waals surface area contributed by atoms with Crippen molar-refractivity contribution in [3.05, 3.63) is 36.1 Å². The van der Waals surface area contributed by atoms with Crippen LogP contribution in [0.2, 0.25) is 0 Å². The Morgan fingerprint density at radius 1 is 1.30 bits per heavy atom. The summed E-state index contributed by atoms with van der Waals surface area (Å²) in [6, 6.07) is 8.46. The molecule has 1 aliphatic rings. The minimum Gasteiger partial charge on any atom is -0.464 e. The summed E-state index contributed by atoms with van der Waals surface area (Å²) in [4.78, 5) is 2.41. The van der Waals surface area contributed by atoms with Crippen LogP contribution in [0.25, 0.3) is 11.0 Å². The quantitative estimate of drug-likeness (QED) is 0.905. The van der Waals surface area contributed by atoms with E-state index in [0.717, 1.165) is 18.0 Å². The summed E-state index contributed by atoms with van der Waals surface area (Å²) in [6.45, 7) is 1.77. The highest BCUT2D eigenvalue weighted by Gasteiger charge is 2.24. The van der Waals surface area contributed by atoms with Gasteiger partial charge in [0.05, 0.1) is 12.3 Å². The summed E-state index contributed by atoms with van der Waals surface area (Å²) < 4.78 is 5.67. The van der Waals surface area contributed by atoms with Crippen molar-refractivity contribution in [1.82, 2.24) is 4.90 Å². The SMILES string of the molecule is CN(CC1CCCC1)C(CN)c1coc2ccccc12. The molecule has 108 valence electrons. The van der Waals surface area contributed by atoms with Crippen LogP contribution in [0.4, 0.5) is 0 Å². The van der Waals surface area contributed by atoms with E-state index in [0.29, 0.717) is 6.54 Å². The van der Waals surface area contributed by atoms with E-state index in [2.05, 4.69) is 24.1 Å². The standard InChI is InChI=1S/C17H24N2O/c1-19(11-13-6-2-3-7-13)16(10-18)15-12-20-17-9-5-4-8-14(15)17/h4-5,8-9,12-13,16H,2-3,6-7,10-11,18H2,1H3. The van der Waals surface area contributed by atoms with Gasteiger partial charge in [-0.05, 0) is 31.9 Å². The number of furan rings is 1. The zero-order valence-corrected chi connectivity index (χ0v) is 12.2. The molecule has 2 N–H and O–H groups in total. The Labute approximate surface area is 120 Å². The first-order valence-corrected chi connectivity index (χ1v) is 7.66. The van der Waals surface area contributed by atoms with Gasteiger partial charge in [0, 0.05) is 24.0 Å². The molecular weight excluding hydrogens is 248 g/mol. The van der Waals surface area contributed by atoms with E-state index in [1.54, 1.807) is 0 Å². The lowest BCUT2D eigenvalue weighted by atomic mass is 10.0. The van der Waals surface area contributed by atoms with Crippen LogP contribution >= 0.6 is 0 Å². The molecule has 3 heteroatoms. The fourth-order valence-electron chi connectivity index (χ4n) is 3.53. The molecule has 0 bridgehead atoms. The van der Waals surface area contributed by atoms with Crippen molar-refractivity contribution in [3.8, 4) is 0 Å². The molecule has 0 aliphatic heterocycles. The lowest BCUT2D eigenvalue weighted by Gasteiger charge is -2.29. The van der Waals surface area contributed by atoms with Crippen molar-refractivity contribution in [2.75, 3.05) is 20.1 Å². The molecule has 1 aliphatic carbocycles. The van der Waals surface area contributed by atoms with Crippen LogP contribution in [0.1, 0.15) is 37.3 Å². The molecule has 1 saturated carbocycles. The molecular formula is C17H24N2O. The van der Waals surface area contributed by atoms with Gasteiger partial charge < -0.3 is 10.2 Å². The third-order valence-electron chi connectivity index (χ3n) is 4.65. The second kappa shape index (κ2) is 5.98. The first-order valence-electron chi connectivity index (χ1n) is 7.66. The Morgan fingerprint density at radius 2 is 2.05 bits per heavy atom. The fraction of sp³-hybridized carbons (Fsp3) is 0.529. The Morgan fingerprint density at radius 3 is 2.80 bits per heavy atom. The van der Waals surface area contributed by atoms with Crippen LogP contribution in [0, 0.1) is 5.92 Å². The van der Waals surface area contributed by atoms with Crippen LogP contribution < -0.4 is 5.73 Å². The number of nitrogens with zero attached hydrogens (tertiary/aromatic N) is 1. The number of fused-ring (bicyclic) bond motifs is 1. The van der Waals surface area contributed by atoms with E-state index < -0.39 is 0 Å². The molecule has 0 saturated heterocycles. The number of para-hydroxylation sites is 1. The molecule has 1 fully saturated rings. The molecule has 3 nitrogen and oxygen atoms in total. The smallest absolute Gasteiger partial charge is 0.134 e. The number of benzene rings is 1. The highest BCUT2D eigenvalue weighted by atomic mass is 16.3. The van der Waals surface area contributed by atoms with Crippen LogP contribution in [-0.2, 0) is 0 Å². The van der Waals surface area contributed by atoms with Gasteiger partial charge in [0.2, 0.25) is 0 Å². The van der Waals surface area contributed by atoms with E-state index in [4.69, 9.17) is 10.2 Å². The second-order valence-electron chi connectivity index (χ2n) is 6.03. The maximum absolute atomic E-state index is 6.05. The van der Waals surface area contributed by atoms with Crippen molar-refractivity contribution in [3.63, 3.8) is 0 Å². The lowest BCUT2D eigenvalue weighted by Crippen LogP contribution is -2.33. The Balaban J connectivity index is 1.81. The van der Waals surface area contributed by atoms with Crippen molar-refractivity contribution < 1.29 is 4.42 Å². The normalized spacial score (nSPS) is 18.1. The Hall–Kier alpha value is -1.32. The van der Waals surface area contributed by atoms with Gasteiger partial charge in [-0.2, -0.15) is 0 Å². The van der Waals surface area contributed by atoms with Gasteiger partial charge in [-0.25, -0.2) is 0 Å². The fourth-order valence-corrected chi connectivity index (χ4v) is 3.53. The number of hydrogen-bond acceptors (Lipinski definition) is 3. The average Bonchev–Trinajstić information content (AvgIpc) is 3.10. The summed E-state index contributed by atoms with van der Waals surface area (Å²) in [6.07, 6.45) is 7.40. The van der Waals surface area contributed by atoms with Crippen LogP contribution in [0.15, 0.2) is 34.9 Å². The molecule has 1 aromatic heterocycles. The van der Waals surface area contributed by atoms with E-state index >= 15 is 0 Å². The van der Waals surface area contributed by atoms with Crippen molar-refractivity contribution in [2.24, 2.45) is 11.7 Å². The predicted molar refractivity (Wildman–Crippen MR) is 82.6 cm³/mol. The molecule has 0 spiro atoms. The monoisotopic (exact) mass is 272 g/mol. The van der Waals surface area contributed by atoms with Crippen LogP contribution in [0.5, 0.6) is 0 Å². The summed E-state index contributed by atoms with van der Waals surface area (Å²) in [5.41, 5.74) is 8.23. The summed E-state index contributed by atoms with van der Waals surface area (Å²) >= 11 is 0. The topological polar surface area (TPSA) is 42.4 Å². The minimum absolute atomic E-state index is 0.249. The van der Waals surface area contributed by atoms with E-state index in [9.17, 15) is 0 Å². The molecule has 0 amide bonds. The maximum atomic E-state index is 6.05. The van der Waals surface area contributed by atoms with Crippen molar-refractivity contribution >= 4 is 11.0 Å². The van der Waals surface area contributed by atoms with Gasteiger partial charge in [-0.1, -0.05) is 31.0 Å². The summed E-state index contributed by atoms with van der Waals surface area (Å²) in [5, 5.41) is 1.20. The van der Waals surface area contributed by atoms with Crippen LogP contribution in [-0.4, -0.2) is 25.0 Å². The number of nitrogens with two attached hydrogens (primary N) is 1. The zero-order valence-electron chi connectivity index (χ0n) is 12.2. The van der Waals surface area contributed by atoms with Gasteiger partial charge >= 0.3 is 0 Å². The van der Waals surface area contributed by atoms with Gasteiger partial charge in [0.25, 0.3) is 0 Å². The molecule has 1 aromatic carbocycles. The van der Waals surface area contributed by atoms with Crippen molar-refractivity contribution in [2.45, 2.75) is 31.7 Å². The third-order valence-corrected chi connectivity index (χ3v) is 4.65. The maximum Gasteiger partial charge on any atom is 0.134 e. The van der Waals surface area contributed by atoms with E-state index in [-0.39, 0.29) is 6.04 Å². The van der Waals surface area contributed by atoms with Gasteiger partial charge in [-0.3, -0.25) is 4.90 Å². The van der Waals surface area contributed by atoms with Crippen LogP contribution in [0.3, 0.4) is 0 Å². The number of rotatable bonds is 5. The first kappa shape index (κ1) is 13.7. The average molecular weight is 272 g/mol. The molecule has 20 heavy (non-hydrogen) atoms. The third kappa shape index (κ3) is 2.60. The van der Waals surface area contributed by atoms with E-state index in [1.807, 2.05) is 18.4 Å². The molecule has 3 rings (SSSR count).